The number of amides is 1. The third-order valence-corrected chi connectivity index (χ3v) is 4.43. The topological polar surface area (TPSA) is 44.4 Å². The molecule has 0 radical (unpaired) electrons. The number of carbonyl (C=O) groups excluding carboxylic acids is 1. The smallest absolute Gasteiger partial charge is 0.266 e. The molecule has 1 aromatic rings. The van der Waals surface area contributed by atoms with E-state index in [9.17, 15) is 4.79 Å². The Hall–Kier alpha value is -0.560. The molecule has 6 heteroatoms. The Labute approximate surface area is 133 Å². The monoisotopic (exact) mass is 357 g/mol. The Balaban J connectivity index is 2.05. The summed E-state index contributed by atoms with van der Waals surface area (Å²) < 4.78 is 1.10. The van der Waals surface area contributed by atoms with Gasteiger partial charge in [0.05, 0.1) is 0 Å². The molecule has 1 aliphatic carbocycles. The number of halogens is 1. The van der Waals surface area contributed by atoms with E-state index in [-0.39, 0.29) is 10.7 Å². The minimum atomic E-state index is -0.376. The van der Waals surface area contributed by atoms with E-state index in [2.05, 4.69) is 64.5 Å². The van der Waals surface area contributed by atoms with Crippen LogP contribution in [0.1, 0.15) is 25.3 Å². The number of thiol groups is 1. The van der Waals surface area contributed by atoms with Gasteiger partial charge in [-0.3, -0.25) is 10.2 Å². The normalized spacial score (nSPS) is 25.4. The van der Waals surface area contributed by atoms with Crippen molar-refractivity contribution in [2.24, 2.45) is 5.92 Å². The zero-order valence-corrected chi connectivity index (χ0v) is 14.2. The van der Waals surface area contributed by atoms with Gasteiger partial charge in [0.2, 0.25) is 0 Å². The molecule has 1 saturated carbocycles. The maximum atomic E-state index is 10.9. The zero-order valence-electron chi connectivity index (χ0n) is 11.7. The molecule has 0 bridgehead atoms. The van der Waals surface area contributed by atoms with Crippen molar-refractivity contribution in [1.82, 2.24) is 16.0 Å². The summed E-state index contributed by atoms with van der Waals surface area (Å²) in [7, 11) is 1.77. The van der Waals surface area contributed by atoms with Crippen molar-refractivity contribution >= 4 is 33.8 Å². The Morgan fingerprint density at radius 1 is 1.55 bits per heavy atom. The van der Waals surface area contributed by atoms with Gasteiger partial charge in [0.25, 0.3) is 5.24 Å². The lowest BCUT2D eigenvalue weighted by Crippen LogP contribution is -2.55. The fourth-order valence-electron chi connectivity index (χ4n) is 3.03. The fraction of sp³-hybridized carbons (Fsp3) is 0.500. The van der Waals surface area contributed by atoms with Crippen molar-refractivity contribution in [2.75, 3.05) is 13.6 Å². The molecular formula is C14H20BrN3OS. The molecule has 1 amide bonds. The minimum Gasteiger partial charge on any atom is -0.266 e. The van der Waals surface area contributed by atoms with Crippen LogP contribution in [-0.4, -0.2) is 23.9 Å². The molecule has 110 valence electrons. The van der Waals surface area contributed by atoms with Gasteiger partial charge in [0.1, 0.15) is 0 Å². The third-order valence-electron chi connectivity index (χ3n) is 3.83. The standard InChI is InChI=1S/C14H20BrN3OS/c1-10-7-14(8-10,9-16-18(2)17-13(19)20)11-4-3-5-12(15)6-11/h3-6,10,16H,7-9H2,1-2H3,(H2,17,19,20). The van der Waals surface area contributed by atoms with E-state index >= 15 is 0 Å². The van der Waals surface area contributed by atoms with E-state index < -0.39 is 0 Å². The lowest BCUT2D eigenvalue weighted by molar-refractivity contribution is 0.0945. The van der Waals surface area contributed by atoms with Crippen molar-refractivity contribution in [3.63, 3.8) is 0 Å². The van der Waals surface area contributed by atoms with E-state index in [0.29, 0.717) is 0 Å². The van der Waals surface area contributed by atoms with Crippen LogP contribution in [-0.2, 0) is 5.41 Å². The highest BCUT2D eigenvalue weighted by molar-refractivity contribution is 9.10. The van der Waals surface area contributed by atoms with Gasteiger partial charge < -0.3 is 0 Å². The molecule has 2 rings (SSSR count). The molecule has 0 saturated heterocycles. The molecule has 0 spiro atoms. The quantitative estimate of drug-likeness (QED) is 0.560. The van der Waals surface area contributed by atoms with Gasteiger partial charge in [-0.15, -0.1) is 0 Å². The molecule has 2 N–H and O–H groups in total. The number of hydrazine groups is 2. The number of benzene rings is 1. The first kappa shape index (κ1) is 15.8. The van der Waals surface area contributed by atoms with Crippen molar-refractivity contribution in [3.8, 4) is 0 Å². The highest BCUT2D eigenvalue weighted by Gasteiger charge is 2.43. The van der Waals surface area contributed by atoms with Gasteiger partial charge in [-0.1, -0.05) is 47.6 Å². The second kappa shape index (κ2) is 6.47. The summed E-state index contributed by atoms with van der Waals surface area (Å²) in [4.78, 5) is 10.9. The van der Waals surface area contributed by atoms with Crippen molar-refractivity contribution < 1.29 is 4.79 Å². The molecule has 1 fully saturated rings. The first-order valence-electron chi connectivity index (χ1n) is 6.64. The Kier molecular flexibility index (Phi) is 5.12. The summed E-state index contributed by atoms with van der Waals surface area (Å²) in [6.07, 6.45) is 2.30. The largest absolute Gasteiger partial charge is 0.291 e. The molecule has 0 atom stereocenters. The van der Waals surface area contributed by atoms with E-state index in [1.807, 2.05) is 6.07 Å². The third kappa shape index (κ3) is 3.75. The van der Waals surface area contributed by atoms with Crippen molar-refractivity contribution in [1.29, 1.82) is 0 Å². The zero-order chi connectivity index (χ0) is 14.8. The minimum absolute atomic E-state index is 0.138. The molecular weight excluding hydrogens is 338 g/mol. The van der Waals surface area contributed by atoms with Crippen LogP contribution in [0.2, 0.25) is 0 Å². The van der Waals surface area contributed by atoms with E-state index in [1.165, 1.54) is 5.56 Å². The second-order valence-corrected chi connectivity index (χ2v) is 6.94. The van der Waals surface area contributed by atoms with Gasteiger partial charge in [0.15, 0.2) is 0 Å². The van der Waals surface area contributed by atoms with Crippen LogP contribution in [0.3, 0.4) is 0 Å². The summed E-state index contributed by atoms with van der Waals surface area (Å²) in [6.45, 7) is 3.06. The summed E-state index contributed by atoms with van der Waals surface area (Å²) in [6, 6.07) is 8.48. The molecule has 0 aromatic heterocycles. The van der Waals surface area contributed by atoms with Crippen LogP contribution in [0.25, 0.3) is 0 Å². The predicted molar refractivity (Wildman–Crippen MR) is 87.5 cm³/mol. The molecule has 20 heavy (non-hydrogen) atoms. The van der Waals surface area contributed by atoms with Gasteiger partial charge in [-0.2, -0.15) is 5.12 Å². The number of nitrogens with one attached hydrogen (secondary N) is 2. The first-order chi connectivity index (χ1) is 9.41. The molecule has 0 heterocycles. The summed E-state index contributed by atoms with van der Waals surface area (Å²) in [5.41, 5.74) is 7.28. The highest BCUT2D eigenvalue weighted by Crippen LogP contribution is 2.47. The van der Waals surface area contributed by atoms with Crippen LogP contribution < -0.4 is 10.9 Å². The summed E-state index contributed by atoms with van der Waals surface area (Å²) >= 11 is 7.24. The van der Waals surface area contributed by atoms with Gasteiger partial charge >= 0.3 is 0 Å². The summed E-state index contributed by atoms with van der Waals surface area (Å²) in [5, 5.41) is 1.19. The number of rotatable bonds is 5. The molecule has 1 aromatic carbocycles. The van der Waals surface area contributed by atoms with Crippen LogP contribution in [0, 0.1) is 5.92 Å². The number of carbonyl (C=O) groups is 1. The lowest BCUT2D eigenvalue weighted by atomic mass is 9.59. The maximum Gasteiger partial charge on any atom is 0.291 e. The van der Waals surface area contributed by atoms with Crippen LogP contribution in [0.4, 0.5) is 4.79 Å². The SMILES string of the molecule is CC1CC(CNN(C)NC(=O)S)(c2cccc(Br)c2)C1. The van der Waals surface area contributed by atoms with Crippen LogP contribution in [0.5, 0.6) is 0 Å². The second-order valence-electron chi connectivity index (χ2n) is 5.61. The molecule has 4 nitrogen and oxygen atoms in total. The van der Waals surface area contributed by atoms with Gasteiger partial charge in [0, 0.05) is 23.5 Å². The van der Waals surface area contributed by atoms with Gasteiger partial charge in [-0.25, -0.2) is 5.43 Å². The Bertz CT molecular complexity index is 491. The fourth-order valence-corrected chi connectivity index (χ4v) is 3.58. The number of hydrogen-bond donors (Lipinski definition) is 3. The lowest BCUT2D eigenvalue weighted by Gasteiger charge is -2.48. The van der Waals surface area contributed by atoms with E-state index in [1.54, 1.807) is 12.2 Å². The summed E-state index contributed by atoms with van der Waals surface area (Å²) in [5.74, 6) is 0.737. The Morgan fingerprint density at radius 2 is 2.25 bits per heavy atom. The van der Waals surface area contributed by atoms with Crippen LogP contribution >= 0.6 is 28.6 Å². The predicted octanol–water partition coefficient (Wildman–Crippen LogP) is 3.11. The number of nitrogens with zero attached hydrogens (tertiary/aromatic N) is 1. The highest BCUT2D eigenvalue weighted by atomic mass is 79.9. The molecule has 0 aliphatic heterocycles. The van der Waals surface area contributed by atoms with Crippen molar-refractivity contribution in [3.05, 3.63) is 34.3 Å². The van der Waals surface area contributed by atoms with Crippen molar-refractivity contribution in [2.45, 2.75) is 25.2 Å². The van der Waals surface area contributed by atoms with E-state index in [4.69, 9.17) is 0 Å². The average Bonchev–Trinajstić information content (AvgIpc) is 2.32. The molecule has 1 aliphatic rings. The maximum absolute atomic E-state index is 10.9. The molecule has 0 unspecified atom stereocenters. The van der Waals surface area contributed by atoms with E-state index in [0.717, 1.165) is 29.8 Å². The number of hydrogen-bond acceptors (Lipinski definition) is 3. The van der Waals surface area contributed by atoms with Gasteiger partial charge in [-0.05, 0) is 36.5 Å². The average molecular weight is 358 g/mol. The van der Waals surface area contributed by atoms with Crippen LogP contribution in [0.15, 0.2) is 28.7 Å². The first-order valence-corrected chi connectivity index (χ1v) is 7.88. The Morgan fingerprint density at radius 3 is 2.80 bits per heavy atom.